The molecule has 6 nitrogen and oxygen atoms in total. The normalized spacial score (nSPS) is 16.7. The number of nitrogens with one attached hydrogen (secondary N) is 3. The standard InChI is InChI=1S/C19H23FN4O2S2/c1-21-10-13-9-16(20)18(27-13)28(26,22-2)24-19(25)23-17-14-5-3-4-11(14)8-12-6-7-15(12)17/h8-9,21H,3-7,10H2,1-2H3,(H2,22,23,24,25,26). The number of rotatable bonds is 5. The van der Waals surface area contributed by atoms with Gasteiger partial charge < -0.3 is 10.6 Å². The smallest absolute Gasteiger partial charge is 0.315 e. The van der Waals surface area contributed by atoms with Crippen LogP contribution in [-0.4, -0.2) is 24.3 Å². The molecule has 3 N–H and O–H groups in total. The summed E-state index contributed by atoms with van der Waals surface area (Å²) in [7, 11) is -0.225. The second-order valence-corrected chi connectivity index (χ2v) is 10.5. The highest BCUT2D eigenvalue weighted by Gasteiger charge is 2.27. The quantitative estimate of drug-likeness (QED) is 0.691. The fourth-order valence-electron chi connectivity index (χ4n) is 3.87. The third-order valence-corrected chi connectivity index (χ3v) is 8.78. The molecule has 2 amide bonds. The summed E-state index contributed by atoms with van der Waals surface area (Å²) in [6.45, 7) is 0.454. The fraction of sp³-hybridized carbons (Fsp3) is 0.421. The molecule has 2 aromatic rings. The molecule has 28 heavy (non-hydrogen) atoms. The van der Waals surface area contributed by atoms with E-state index in [4.69, 9.17) is 0 Å². The van der Waals surface area contributed by atoms with E-state index in [0.29, 0.717) is 11.4 Å². The van der Waals surface area contributed by atoms with Gasteiger partial charge in [0.15, 0.2) is 19.9 Å². The molecule has 0 spiro atoms. The first kappa shape index (κ1) is 19.5. The summed E-state index contributed by atoms with van der Waals surface area (Å²) in [5.41, 5.74) is 5.69. The fourth-order valence-corrected chi connectivity index (χ4v) is 6.74. The maximum Gasteiger partial charge on any atom is 0.354 e. The third-order valence-electron chi connectivity index (χ3n) is 5.27. The van der Waals surface area contributed by atoms with Crippen LogP contribution in [0.5, 0.6) is 0 Å². The van der Waals surface area contributed by atoms with Crippen LogP contribution in [0.4, 0.5) is 14.9 Å². The SMILES string of the molecule is CNCc1cc(F)c(S(=O)(=NC(=O)Nc2c3c(cc4c2CC4)CCC3)NC)s1. The van der Waals surface area contributed by atoms with E-state index in [1.807, 2.05) is 0 Å². The van der Waals surface area contributed by atoms with Crippen LogP contribution in [0.1, 0.15) is 33.6 Å². The zero-order valence-electron chi connectivity index (χ0n) is 15.9. The van der Waals surface area contributed by atoms with Crippen LogP contribution in [-0.2, 0) is 42.1 Å². The number of hydrogen-bond donors (Lipinski definition) is 3. The Bertz CT molecular complexity index is 1070. The highest BCUT2D eigenvalue weighted by molar-refractivity contribution is 7.94. The van der Waals surface area contributed by atoms with Gasteiger partial charge >= 0.3 is 6.03 Å². The minimum atomic E-state index is -3.39. The highest BCUT2D eigenvalue weighted by atomic mass is 32.2. The molecule has 2 aliphatic rings. The van der Waals surface area contributed by atoms with Crippen LogP contribution in [0.15, 0.2) is 20.7 Å². The number of anilines is 1. The topological polar surface area (TPSA) is 82.6 Å². The summed E-state index contributed by atoms with van der Waals surface area (Å²) in [5, 5.41) is 5.79. The van der Waals surface area contributed by atoms with E-state index < -0.39 is 21.8 Å². The lowest BCUT2D eigenvalue weighted by molar-refractivity contribution is 0.260. The Kier molecular flexibility index (Phi) is 5.26. The number of nitrogens with zero attached hydrogens (tertiary/aromatic N) is 1. The van der Waals surface area contributed by atoms with Crippen LogP contribution in [0.3, 0.4) is 0 Å². The number of amides is 2. The van der Waals surface area contributed by atoms with Crippen molar-refractivity contribution in [3.8, 4) is 0 Å². The van der Waals surface area contributed by atoms with Gasteiger partial charge in [0.05, 0.1) is 0 Å². The summed E-state index contributed by atoms with van der Waals surface area (Å²) in [6, 6.07) is 2.86. The molecule has 150 valence electrons. The Morgan fingerprint density at radius 1 is 1.18 bits per heavy atom. The Hall–Kier alpha value is -1.81. The van der Waals surface area contributed by atoms with Gasteiger partial charge in [0.25, 0.3) is 0 Å². The van der Waals surface area contributed by atoms with Crippen LogP contribution in [0.2, 0.25) is 0 Å². The number of thiophene rings is 1. The lowest BCUT2D eigenvalue weighted by atomic mass is 9.83. The van der Waals surface area contributed by atoms with Crippen LogP contribution >= 0.6 is 11.3 Å². The van der Waals surface area contributed by atoms with Gasteiger partial charge in [0.1, 0.15) is 0 Å². The predicted octanol–water partition coefficient (Wildman–Crippen LogP) is 3.39. The van der Waals surface area contributed by atoms with Gasteiger partial charge in [-0.15, -0.1) is 15.7 Å². The monoisotopic (exact) mass is 422 g/mol. The average molecular weight is 423 g/mol. The number of urea groups is 1. The van der Waals surface area contributed by atoms with Crippen molar-refractivity contribution < 1.29 is 13.4 Å². The molecule has 1 aromatic carbocycles. The first-order valence-electron chi connectivity index (χ1n) is 9.31. The summed E-state index contributed by atoms with van der Waals surface area (Å²) in [5.74, 6) is -0.615. The average Bonchev–Trinajstić information content (AvgIpc) is 3.24. The van der Waals surface area contributed by atoms with Crippen LogP contribution in [0, 0.1) is 5.82 Å². The summed E-state index contributed by atoms with van der Waals surface area (Å²) in [4.78, 5) is 13.4. The maximum absolute atomic E-state index is 14.4. The molecule has 2 aliphatic carbocycles. The minimum Gasteiger partial charge on any atom is -0.315 e. The molecule has 9 heteroatoms. The molecule has 0 fully saturated rings. The van der Waals surface area contributed by atoms with Gasteiger partial charge in [-0.3, -0.25) is 0 Å². The number of fused-ring (bicyclic) bond motifs is 2. The van der Waals surface area contributed by atoms with Crippen molar-refractivity contribution in [1.29, 1.82) is 0 Å². The largest absolute Gasteiger partial charge is 0.354 e. The second kappa shape index (κ2) is 7.55. The van der Waals surface area contributed by atoms with E-state index in [-0.39, 0.29) is 4.21 Å². The van der Waals surface area contributed by atoms with Crippen molar-refractivity contribution >= 4 is 33.0 Å². The molecule has 1 heterocycles. The summed E-state index contributed by atoms with van der Waals surface area (Å²) in [6.07, 6.45) is 4.95. The maximum atomic E-state index is 14.4. The number of benzene rings is 1. The molecule has 0 aliphatic heterocycles. The van der Waals surface area contributed by atoms with Crippen molar-refractivity contribution in [2.75, 3.05) is 19.4 Å². The molecule has 0 saturated carbocycles. The molecule has 0 bridgehead atoms. The van der Waals surface area contributed by atoms with Crippen molar-refractivity contribution in [2.24, 2.45) is 4.36 Å². The third kappa shape index (κ3) is 3.36. The molecule has 0 radical (unpaired) electrons. The second-order valence-electron chi connectivity index (χ2n) is 7.01. The van der Waals surface area contributed by atoms with E-state index in [9.17, 15) is 13.4 Å². The number of hydrogen-bond acceptors (Lipinski definition) is 4. The molecule has 1 unspecified atom stereocenters. The van der Waals surface area contributed by atoms with Crippen molar-refractivity contribution in [3.05, 3.63) is 45.1 Å². The Balaban J connectivity index is 1.67. The Labute approximate surface area is 168 Å². The number of carbonyl (C=O) groups excluding carboxylic acids is 1. The molecule has 1 aromatic heterocycles. The molecule has 0 saturated heterocycles. The van der Waals surface area contributed by atoms with Gasteiger partial charge in [-0.25, -0.2) is 18.1 Å². The lowest BCUT2D eigenvalue weighted by Crippen LogP contribution is -2.23. The number of carbonyl (C=O) groups is 1. The van der Waals surface area contributed by atoms with Gasteiger partial charge in [-0.2, -0.15) is 0 Å². The number of halogens is 1. The molecule has 1 atom stereocenters. The van der Waals surface area contributed by atoms with Crippen molar-refractivity contribution in [1.82, 2.24) is 10.0 Å². The van der Waals surface area contributed by atoms with E-state index >= 15 is 0 Å². The Morgan fingerprint density at radius 2 is 1.93 bits per heavy atom. The number of aryl methyl sites for hydroxylation is 2. The first-order valence-corrected chi connectivity index (χ1v) is 11.6. The molecular weight excluding hydrogens is 399 g/mol. The van der Waals surface area contributed by atoms with E-state index in [0.717, 1.165) is 60.3 Å². The van der Waals surface area contributed by atoms with Gasteiger partial charge in [-0.05, 0) is 74.5 Å². The molecular formula is C19H23FN4O2S2. The Morgan fingerprint density at radius 3 is 2.61 bits per heavy atom. The van der Waals surface area contributed by atoms with Gasteiger partial charge in [0.2, 0.25) is 0 Å². The van der Waals surface area contributed by atoms with Gasteiger partial charge in [-0.1, -0.05) is 6.07 Å². The van der Waals surface area contributed by atoms with Crippen molar-refractivity contribution in [2.45, 2.75) is 42.9 Å². The molecule has 4 rings (SSSR count). The lowest BCUT2D eigenvalue weighted by Gasteiger charge is -2.25. The van der Waals surface area contributed by atoms with Crippen LogP contribution in [0.25, 0.3) is 0 Å². The predicted molar refractivity (Wildman–Crippen MR) is 110 cm³/mol. The van der Waals surface area contributed by atoms with E-state index in [1.165, 1.54) is 24.2 Å². The van der Waals surface area contributed by atoms with E-state index in [1.54, 1.807) is 7.05 Å². The summed E-state index contributed by atoms with van der Waals surface area (Å²) < 4.78 is 33.9. The zero-order valence-corrected chi connectivity index (χ0v) is 17.5. The van der Waals surface area contributed by atoms with Gasteiger partial charge in [0, 0.05) is 17.1 Å². The zero-order chi connectivity index (χ0) is 19.9. The van der Waals surface area contributed by atoms with Crippen molar-refractivity contribution in [3.63, 3.8) is 0 Å². The van der Waals surface area contributed by atoms with Crippen LogP contribution < -0.4 is 15.4 Å². The minimum absolute atomic E-state index is 0.0540. The van der Waals surface area contributed by atoms with E-state index in [2.05, 4.69) is 25.8 Å². The highest BCUT2D eigenvalue weighted by Crippen LogP contribution is 2.39. The summed E-state index contributed by atoms with van der Waals surface area (Å²) >= 11 is 1.05. The first-order chi connectivity index (χ1) is 13.4.